The number of carbonyl (C=O) groups is 1. The molecule has 0 aliphatic heterocycles. The first-order valence-electron chi connectivity index (χ1n) is 6.26. The van der Waals surface area contributed by atoms with Crippen LogP contribution in [0.15, 0.2) is 24.5 Å². The first-order valence-corrected chi connectivity index (χ1v) is 6.26. The fraction of sp³-hybridized carbons (Fsp3) is 0.308. The van der Waals surface area contributed by atoms with E-state index in [0.717, 1.165) is 24.1 Å². The van der Waals surface area contributed by atoms with Gasteiger partial charge in [0.2, 0.25) is 0 Å². The molecule has 19 heavy (non-hydrogen) atoms. The van der Waals surface area contributed by atoms with E-state index in [1.54, 1.807) is 12.4 Å². The Hall–Kier alpha value is -2.37. The standard InChI is InChI=1S/C13H15N5O/c14-10-11(9-1-2-9)17-18-12(10)13(19)16-7-8-3-5-15-6-4-8/h3-6,9H,1-2,7,14H2,(H,16,19)(H,17,18). The van der Waals surface area contributed by atoms with Gasteiger partial charge in [-0.25, -0.2) is 0 Å². The summed E-state index contributed by atoms with van der Waals surface area (Å²) in [6, 6.07) is 3.70. The molecule has 2 aromatic heterocycles. The lowest BCUT2D eigenvalue weighted by Crippen LogP contribution is -2.24. The van der Waals surface area contributed by atoms with Gasteiger partial charge in [0.05, 0.1) is 11.4 Å². The van der Waals surface area contributed by atoms with Gasteiger partial charge in [0, 0.05) is 24.9 Å². The quantitative estimate of drug-likeness (QED) is 0.766. The Morgan fingerprint density at radius 1 is 1.42 bits per heavy atom. The molecule has 4 N–H and O–H groups in total. The Morgan fingerprint density at radius 3 is 2.84 bits per heavy atom. The third kappa shape index (κ3) is 2.42. The molecular formula is C13H15N5O. The van der Waals surface area contributed by atoms with Gasteiger partial charge < -0.3 is 11.1 Å². The number of nitrogens with one attached hydrogen (secondary N) is 2. The summed E-state index contributed by atoms with van der Waals surface area (Å²) in [5.74, 6) is 0.201. The molecule has 1 fully saturated rings. The van der Waals surface area contributed by atoms with Crippen LogP contribution < -0.4 is 11.1 Å². The second-order valence-corrected chi connectivity index (χ2v) is 4.71. The minimum Gasteiger partial charge on any atom is -0.395 e. The maximum Gasteiger partial charge on any atom is 0.274 e. The van der Waals surface area contributed by atoms with Crippen molar-refractivity contribution in [1.29, 1.82) is 0 Å². The number of rotatable bonds is 4. The van der Waals surface area contributed by atoms with E-state index in [1.807, 2.05) is 12.1 Å². The lowest BCUT2D eigenvalue weighted by atomic mass is 10.2. The van der Waals surface area contributed by atoms with E-state index >= 15 is 0 Å². The summed E-state index contributed by atoms with van der Waals surface area (Å²) < 4.78 is 0. The molecule has 0 atom stereocenters. The molecular weight excluding hydrogens is 242 g/mol. The molecule has 2 aromatic rings. The predicted molar refractivity (Wildman–Crippen MR) is 70.4 cm³/mol. The van der Waals surface area contributed by atoms with Gasteiger partial charge in [-0.15, -0.1) is 0 Å². The summed E-state index contributed by atoms with van der Waals surface area (Å²) in [6.07, 6.45) is 5.61. The molecule has 0 aromatic carbocycles. The molecule has 0 radical (unpaired) electrons. The molecule has 1 amide bonds. The van der Waals surface area contributed by atoms with Crippen LogP contribution in [0.5, 0.6) is 0 Å². The van der Waals surface area contributed by atoms with Crippen molar-refractivity contribution in [2.75, 3.05) is 5.73 Å². The topological polar surface area (TPSA) is 96.7 Å². The Bertz CT molecular complexity index is 588. The van der Waals surface area contributed by atoms with Crippen molar-refractivity contribution in [3.63, 3.8) is 0 Å². The summed E-state index contributed by atoms with van der Waals surface area (Å²) in [5.41, 5.74) is 8.60. The first-order chi connectivity index (χ1) is 9.25. The Morgan fingerprint density at radius 2 is 2.16 bits per heavy atom. The minimum atomic E-state index is -0.252. The SMILES string of the molecule is Nc1c(C(=O)NCc2ccncc2)n[nH]c1C1CC1. The van der Waals surface area contributed by atoms with E-state index in [0.29, 0.717) is 18.2 Å². The van der Waals surface area contributed by atoms with Crippen LogP contribution in [0, 0.1) is 0 Å². The molecule has 1 aliphatic rings. The number of hydrogen-bond acceptors (Lipinski definition) is 4. The molecule has 2 heterocycles. The summed E-state index contributed by atoms with van der Waals surface area (Å²) in [6.45, 7) is 0.437. The Kier molecular flexibility index (Phi) is 2.91. The maximum atomic E-state index is 12.0. The molecule has 0 bridgehead atoms. The number of nitrogen functional groups attached to an aromatic ring is 1. The average molecular weight is 257 g/mol. The zero-order valence-electron chi connectivity index (χ0n) is 10.4. The number of aromatic nitrogens is 3. The predicted octanol–water partition coefficient (Wildman–Crippen LogP) is 1.19. The molecule has 3 rings (SSSR count). The van der Waals surface area contributed by atoms with Crippen molar-refractivity contribution in [1.82, 2.24) is 20.5 Å². The molecule has 0 saturated heterocycles. The van der Waals surface area contributed by atoms with Crippen molar-refractivity contribution < 1.29 is 4.79 Å². The molecule has 1 aliphatic carbocycles. The molecule has 98 valence electrons. The molecule has 6 nitrogen and oxygen atoms in total. The second-order valence-electron chi connectivity index (χ2n) is 4.71. The van der Waals surface area contributed by atoms with Gasteiger partial charge in [-0.05, 0) is 30.5 Å². The monoisotopic (exact) mass is 257 g/mol. The average Bonchev–Trinajstić information content (AvgIpc) is 3.20. The van der Waals surface area contributed by atoms with Gasteiger partial charge in [0.25, 0.3) is 5.91 Å². The number of pyridine rings is 1. The second kappa shape index (κ2) is 4.72. The highest BCUT2D eigenvalue weighted by atomic mass is 16.1. The third-order valence-corrected chi connectivity index (χ3v) is 3.24. The van der Waals surface area contributed by atoms with E-state index in [4.69, 9.17) is 5.73 Å². The summed E-state index contributed by atoms with van der Waals surface area (Å²) in [4.78, 5) is 15.9. The van der Waals surface area contributed by atoms with E-state index in [-0.39, 0.29) is 11.6 Å². The summed E-state index contributed by atoms with van der Waals surface area (Å²) in [7, 11) is 0. The van der Waals surface area contributed by atoms with Crippen molar-refractivity contribution in [2.24, 2.45) is 0 Å². The zero-order chi connectivity index (χ0) is 13.2. The van der Waals surface area contributed by atoms with Gasteiger partial charge in [-0.1, -0.05) is 0 Å². The normalized spacial score (nSPS) is 14.3. The van der Waals surface area contributed by atoms with Gasteiger partial charge in [-0.2, -0.15) is 5.10 Å². The molecule has 0 spiro atoms. The largest absolute Gasteiger partial charge is 0.395 e. The van der Waals surface area contributed by atoms with Gasteiger partial charge in [-0.3, -0.25) is 14.9 Å². The Labute approximate surface area is 110 Å². The number of carbonyl (C=O) groups excluding carboxylic acids is 1. The number of aromatic amines is 1. The fourth-order valence-electron chi connectivity index (χ4n) is 1.99. The number of amides is 1. The van der Waals surface area contributed by atoms with E-state index < -0.39 is 0 Å². The van der Waals surface area contributed by atoms with Crippen molar-refractivity contribution in [3.8, 4) is 0 Å². The molecule has 1 saturated carbocycles. The zero-order valence-corrected chi connectivity index (χ0v) is 10.4. The van der Waals surface area contributed by atoms with Gasteiger partial charge in [0.1, 0.15) is 0 Å². The minimum absolute atomic E-state index is 0.252. The highest BCUT2D eigenvalue weighted by Gasteiger charge is 2.30. The van der Waals surface area contributed by atoms with E-state index in [1.165, 1.54) is 0 Å². The number of nitrogens with two attached hydrogens (primary N) is 1. The highest BCUT2D eigenvalue weighted by molar-refractivity contribution is 5.97. The van der Waals surface area contributed by atoms with Crippen molar-refractivity contribution in [2.45, 2.75) is 25.3 Å². The van der Waals surface area contributed by atoms with Crippen molar-refractivity contribution >= 4 is 11.6 Å². The van der Waals surface area contributed by atoms with Crippen LogP contribution in [-0.2, 0) is 6.54 Å². The van der Waals surface area contributed by atoms with E-state index in [9.17, 15) is 4.79 Å². The van der Waals surface area contributed by atoms with Crippen LogP contribution in [0.3, 0.4) is 0 Å². The van der Waals surface area contributed by atoms with Crippen LogP contribution in [0.1, 0.15) is 40.5 Å². The van der Waals surface area contributed by atoms with Crippen LogP contribution in [0.4, 0.5) is 5.69 Å². The molecule has 0 unspecified atom stereocenters. The summed E-state index contributed by atoms with van der Waals surface area (Å²) in [5, 5.41) is 9.68. The number of hydrogen-bond donors (Lipinski definition) is 3. The van der Waals surface area contributed by atoms with E-state index in [2.05, 4.69) is 20.5 Å². The van der Waals surface area contributed by atoms with Gasteiger partial charge in [0.15, 0.2) is 5.69 Å². The fourth-order valence-corrected chi connectivity index (χ4v) is 1.99. The number of nitrogens with zero attached hydrogens (tertiary/aromatic N) is 2. The third-order valence-electron chi connectivity index (χ3n) is 3.24. The van der Waals surface area contributed by atoms with Gasteiger partial charge >= 0.3 is 0 Å². The number of H-pyrrole nitrogens is 1. The Balaban J connectivity index is 1.67. The van der Waals surface area contributed by atoms with Crippen molar-refractivity contribution in [3.05, 3.63) is 41.5 Å². The highest BCUT2D eigenvalue weighted by Crippen LogP contribution is 2.42. The summed E-state index contributed by atoms with van der Waals surface area (Å²) >= 11 is 0. The lowest BCUT2D eigenvalue weighted by Gasteiger charge is -2.03. The van der Waals surface area contributed by atoms with Crippen LogP contribution in [0.25, 0.3) is 0 Å². The van der Waals surface area contributed by atoms with Crippen LogP contribution in [0.2, 0.25) is 0 Å². The smallest absolute Gasteiger partial charge is 0.274 e. The van der Waals surface area contributed by atoms with Crippen LogP contribution in [-0.4, -0.2) is 21.1 Å². The maximum absolute atomic E-state index is 12.0. The first kappa shape index (κ1) is 11.7. The van der Waals surface area contributed by atoms with Crippen LogP contribution >= 0.6 is 0 Å². The number of anilines is 1. The lowest BCUT2D eigenvalue weighted by molar-refractivity contribution is 0.0947. The molecule has 6 heteroatoms.